The van der Waals surface area contributed by atoms with Gasteiger partial charge in [0.25, 0.3) is 5.91 Å². The molecule has 1 saturated heterocycles. The molecule has 31 heavy (non-hydrogen) atoms. The Morgan fingerprint density at radius 3 is 1.74 bits per heavy atom. The highest BCUT2D eigenvalue weighted by molar-refractivity contribution is 6.11. The molecule has 1 aliphatic rings. The lowest BCUT2D eigenvalue weighted by Gasteiger charge is -2.29. The van der Waals surface area contributed by atoms with Crippen molar-refractivity contribution < 1.29 is 14.4 Å². The quantitative estimate of drug-likeness (QED) is 0.662. The first-order valence-corrected chi connectivity index (χ1v) is 10.8. The molecule has 0 aliphatic carbocycles. The molecule has 0 aromatic heterocycles. The van der Waals surface area contributed by atoms with E-state index in [1.54, 1.807) is 4.90 Å². The molecule has 1 fully saturated rings. The van der Waals surface area contributed by atoms with E-state index in [1.165, 1.54) is 0 Å². The van der Waals surface area contributed by atoms with Crippen LogP contribution in [0.5, 0.6) is 0 Å². The SMILES string of the molecule is CC(C)CN(CC(C)C)C(=O)CN1C(=O)NC(c2ccccc2)(c2ccccc2)C1=O. The number of imide groups is 1. The normalized spacial score (nSPS) is 15.5. The number of carbonyl (C=O) groups is 3. The highest BCUT2D eigenvalue weighted by Gasteiger charge is 2.54. The molecule has 0 radical (unpaired) electrons. The molecule has 0 saturated carbocycles. The number of hydrogen-bond acceptors (Lipinski definition) is 3. The van der Waals surface area contributed by atoms with Gasteiger partial charge in [-0.05, 0) is 23.0 Å². The van der Waals surface area contributed by atoms with E-state index in [2.05, 4.69) is 5.32 Å². The van der Waals surface area contributed by atoms with Gasteiger partial charge < -0.3 is 10.2 Å². The monoisotopic (exact) mass is 421 g/mol. The summed E-state index contributed by atoms with van der Waals surface area (Å²) in [6, 6.07) is 17.8. The van der Waals surface area contributed by atoms with Gasteiger partial charge in [0.1, 0.15) is 6.54 Å². The van der Waals surface area contributed by atoms with Crippen LogP contribution in [0.2, 0.25) is 0 Å². The zero-order valence-electron chi connectivity index (χ0n) is 18.7. The molecule has 164 valence electrons. The maximum absolute atomic E-state index is 13.7. The van der Waals surface area contributed by atoms with E-state index in [0.29, 0.717) is 36.1 Å². The van der Waals surface area contributed by atoms with Gasteiger partial charge in [0, 0.05) is 13.1 Å². The van der Waals surface area contributed by atoms with Gasteiger partial charge in [0.05, 0.1) is 0 Å². The van der Waals surface area contributed by atoms with Crippen molar-refractivity contribution in [2.45, 2.75) is 33.2 Å². The van der Waals surface area contributed by atoms with E-state index in [0.717, 1.165) is 4.90 Å². The van der Waals surface area contributed by atoms with Crippen LogP contribution in [-0.2, 0) is 15.1 Å². The third-order valence-electron chi connectivity index (χ3n) is 5.34. The molecule has 0 unspecified atom stereocenters. The summed E-state index contributed by atoms with van der Waals surface area (Å²) in [4.78, 5) is 42.6. The minimum Gasteiger partial charge on any atom is -0.341 e. The molecule has 2 aromatic rings. The van der Waals surface area contributed by atoms with Crippen molar-refractivity contribution >= 4 is 17.8 Å². The predicted octanol–water partition coefficient (Wildman–Crippen LogP) is 3.62. The molecule has 1 heterocycles. The Morgan fingerprint density at radius 1 is 0.871 bits per heavy atom. The Morgan fingerprint density at radius 2 is 1.32 bits per heavy atom. The van der Waals surface area contributed by atoms with Crippen molar-refractivity contribution in [2.75, 3.05) is 19.6 Å². The first-order chi connectivity index (χ1) is 14.8. The second kappa shape index (κ2) is 9.33. The Balaban J connectivity index is 1.94. The summed E-state index contributed by atoms with van der Waals surface area (Å²) in [5.41, 5.74) is -0.0210. The minimum absolute atomic E-state index is 0.220. The first kappa shape index (κ1) is 22.5. The lowest BCUT2D eigenvalue weighted by molar-refractivity contribution is -0.139. The van der Waals surface area contributed by atoms with Gasteiger partial charge in [-0.15, -0.1) is 0 Å². The average molecular weight is 422 g/mol. The Kier molecular flexibility index (Phi) is 6.78. The van der Waals surface area contributed by atoms with Crippen LogP contribution >= 0.6 is 0 Å². The molecule has 1 N–H and O–H groups in total. The largest absolute Gasteiger partial charge is 0.341 e. The van der Waals surface area contributed by atoms with Crippen LogP contribution in [0.15, 0.2) is 60.7 Å². The van der Waals surface area contributed by atoms with Crippen molar-refractivity contribution in [3.05, 3.63) is 71.8 Å². The van der Waals surface area contributed by atoms with Crippen molar-refractivity contribution in [1.29, 1.82) is 0 Å². The lowest BCUT2D eigenvalue weighted by atomic mass is 9.82. The number of rotatable bonds is 8. The van der Waals surface area contributed by atoms with Crippen molar-refractivity contribution in [3.63, 3.8) is 0 Å². The van der Waals surface area contributed by atoms with Crippen LogP contribution in [0.4, 0.5) is 4.79 Å². The second-order valence-electron chi connectivity index (χ2n) is 8.89. The summed E-state index contributed by atoms with van der Waals surface area (Å²) >= 11 is 0. The third-order valence-corrected chi connectivity index (χ3v) is 5.34. The fourth-order valence-electron chi connectivity index (χ4n) is 4.05. The third kappa shape index (κ3) is 4.63. The first-order valence-electron chi connectivity index (χ1n) is 10.8. The van der Waals surface area contributed by atoms with E-state index in [-0.39, 0.29) is 12.5 Å². The van der Waals surface area contributed by atoms with Gasteiger partial charge in [-0.1, -0.05) is 88.4 Å². The Hall–Kier alpha value is -3.15. The number of nitrogens with one attached hydrogen (secondary N) is 1. The second-order valence-corrected chi connectivity index (χ2v) is 8.89. The highest BCUT2D eigenvalue weighted by atomic mass is 16.2. The van der Waals surface area contributed by atoms with Crippen LogP contribution in [0.1, 0.15) is 38.8 Å². The van der Waals surface area contributed by atoms with Gasteiger partial charge in [-0.2, -0.15) is 0 Å². The Labute approximate surface area is 184 Å². The fourth-order valence-corrected chi connectivity index (χ4v) is 4.05. The smallest absolute Gasteiger partial charge is 0.326 e. The van der Waals surface area contributed by atoms with Gasteiger partial charge in [0.2, 0.25) is 5.91 Å². The van der Waals surface area contributed by atoms with Crippen LogP contribution in [0, 0.1) is 11.8 Å². The molecule has 4 amide bonds. The van der Waals surface area contributed by atoms with E-state index in [1.807, 2.05) is 88.4 Å². The summed E-state index contributed by atoms with van der Waals surface area (Å²) in [5, 5.41) is 2.89. The van der Waals surface area contributed by atoms with Gasteiger partial charge in [-0.25, -0.2) is 4.79 Å². The molecule has 1 aliphatic heterocycles. The molecule has 0 spiro atoms. The number of carbonyl (C=O) groups excluding carboxylic acids is 3. The number of amides is 4. The van der Waals surface area contributed by atoms with Crippen molar-refractivity contribution in [3.8, 4) is 0 Å². The fraction of sp³-hybridized carbons (Fsp3) is 0.400. The predicted molar refractivity (Wildman–Crippen MR) is 120 cm³/mol. The van der Waals surface area contributed by atoms with Crippen LogP contribution in [0.25, 0.3) is 0 Å². The molecular formula is C25H31N3O3. The zero-order valence-corrected chi connectivity index (χ0v) is 18.7. The molecule has 3 rings (SSSR count). The topological polar surface area (TPSA) is 69.7 Å². The lowest BCUT2D eigenvalue weighted by Crippen LogP contribution is -2.47. The Bertz CT molecular complexity index is 876. The number of hydrogen-bond donors (Lipinski definition) is 1. The summed E-state index contributed by atoms with van der Waals surface area (Å²) < 4.78 is 0. The minimum atomic E-state index is -1.35. The number of urea groups is 1. The molecular weight excluding hydrogens is 390 g/mol. The molecule has 2 aromatic carbocycles. The average Bonchev–Trinajstić information content (AvgIpc) is 2.99. The van der Waals surface area contributed by atoms with E-state index in [9.17, 15) is 14.4 Å². The van der Waals surface area contributed by atoms with E-state index < -0.39 is 17.5 Å². The van der Waals surface area contributed by atoms with Crippen molar-refractivity contribution in [2.24, 2.45) is 11.8 Å². The van der Waals surface area contributed by atoms with Crippen LogP contribution < -0.4 is 5.32 Å². The maximum Gasteiger partial charge on any atom is 0.326 e. The number of benzene rings is 2. The summed E-state index contributed by atoms with van der Waals surface area (Å²) in [6.07, 6.45) is 0. The summed E-state index contributed by atoms with van der Waals surface area (Å²) in [5.74, 6) is -0.0721. The van der Waals surface area contributed by atoms with Crippen LogP contribution in [-0.4, -0.2) is 47.3 Å². The molecule has 6 nitrogen and oxygen atoms in total. The molecule has 0 bridgehead atoms. The summed E-state index contributed by atoms with van der Waals surface area (Å²) in [7, 11) is 0. The van der Waals surface area contributed by atoms with E-state index >= 15 is 0 Å². The standard InChI is InChI=1S/C25H31N3O3/c1-18(2)15-27(16-19(3)4)22(29)17-28-23(30)25(26-24(28)31,20-11-7-5-8-12-20)21-13-9-6-10-14-21/h5-14,18-19H,15-17H2,1-4H3,(H,26,31). The maximum atomic E-state index is 13.7. The summed E-state index contributed by atoms with van der Waals surface area (Å²) in [6.45, 7) is 9.08. The molecule has 0 atom stereocenters. The molecule has 6 heteroatoms. The van der Waals surface area contributed by atoms with Gasteiger partial charge in [0.15, 0.2) is 5.54 Å². The van der Waals surface area contributed by atoms with Crippen molar-refractivity contribution in [1.82, 2.24) is 15.1 Å². The highest BCUT2D eigenvalue weighted by Crippen LogP contribution is 2.35. The van der Waals surface area contributed by atoms with E-state index in [4.69, 9.17) is 0 Å². The van der Waals surface area contributed by atoms with Gasteiger partial charge >= 0.3 is 6.03 Å². The zero-order chi connectivity index (χ0) is 22.6. The van der Waals surface area contributed by atoms with Crippen LogP contribution in [0.3, 0.4) is 0 Å². The number of nitrogens with zero attached hydrogens (tertiary/aromatic N) is 2. The van der Waals surface area contributed by atoms with Gasteiger partial charge in [-0.3, -0.25) is 14.5 Å².